The van der Waals surface area contributed by atoms with Crippen molar-refractivity contribution in [3.8, 4) is 0 Å². The van der Waals surface area contributed by atoms with Gasteiger partial charge in [-0.15, -0.1) is 0 Å². The second-order valence-electron chi connectivity index (χ2n) is 3.24. The Morgan fingerprint density at radius 3 is 2.93 bits per heavy atom. The number of anilines is 1. The minimum Gasteiger partial charge on any atom is -0.309 e. The lowest BCUT2D eigenvalue weighted by molar-refractivity contribution is -0.114. The molecule has 1 rings (SSSR count). The van der Waals surface area contributed by atoms with Crippen molar-refractivity contribution in [2.75, 3.05) is 5.32 Å². The Balaban J connectivity index is 2.87. The number of nitrogens with zero attached hydrogens (tertiary/aromatic N) is 2. The van der Waals surface area contributed by atoms with E-state index < -0.39 is 0 Å². The van der Waals surface area contributed by atoms with Crippen LogP contribution in [0, 0.1) is 0 Å². The molecular formula is C9H14BrN3O. The van der Waals surface area contributed by atoms with E-state index in [0.717, 1.165) is 10.9 Å². The predicted molar refractivity (Wildman–Crippen MR) is 59.2 cm³/mol. The molecule has 1 aromatic heterocycles. The highest BCUT2D eigenvalue weighted by molar-refractivity contribution is 9.10. The molecule has 0 aliphatic carbocycles. The van der Waals surface area contributed by atoms with Crippen LogP contribution in [0.15, 0.2) is 10.7 Å². The topological polar surface area (TPSA) is 46.9 Å². The van der Waals surface area contributed by atoms with E-state index >= 15 is 0 Å². The molecule has 78 valence electrons. The van der Waals surface area contributed by atoms with Gasteiger partial charge < -0.3 is 5.32 Å². The molecule has 1 amide bonds. The van der Waals surface area contributed by atoms with Crippen LogP contribution in [0.2, 0.25) is 0 Å². The van der Waals surface area contributed by atoms with Crippen LogP contribution < -0.4 is 5.32 Å². The quantitative estimate of drug-likeness (QED) is 0.907. The van der Waals surface area contributed by atoms with E-state index in [4.69, 9.17) is 0 Å². The van der Waals surface area contributed by atoms with Gasteiger partial charge in [0.15, 0.2) is 5.82 Å². The average Bonchev–Trinajstić information content (AvgIpc) is 2.46. The molecule has 5 heteroatoms. The number of hydrogen-bond donors (Lipinski definition) is 1. The third-order valence-electron chi connectivity index (χ3n) is 2.02. The molecule has 0 bridgehead atoms. The summed E-state index contributed by atoms with van der Waals surface area (Å²) in [6.07, 6.45) is 2.88. The van der Waals surface area contributed by atoms with Crippen LogP contribution in [0.4, 0.5) is 5.82 Å². The highest BCUT2D eigenvalue weighted by Crippen LogP contribution is 2.22. The van der Waals surface area contributed by atoms with Crippen LogP contribution in [-0.2, 0) is 4.79 Å². The van der Waals surface area contributed by atoms with E-state index in [1.807, 2.05) is 10.9 Å². The third kappa shape index (κ3) is 2.57. The van der Waals surface area contributed by atoms with Gasteiger partial charge >= 0.3 is 0 Å². The van der Waals surface area contributed by atoms with Crippen molar-refractivity contribution in [3.63, 3.8) is 0 Å². The van der Waals surface area contributed by atoms with Crippen molar-refractivity contribution < 1.29 is 4.79 Å². The fourth-order valence-electron chi connectivity index (χ4n) is 1.03. The summed E-state index contributed by atoms with van der Waals surface area (Å²) in [5.41, 5.74) is 0. The SMILES string of the molecule is CCC(C)n1cc(Br)c(NC(C)=O)n1. The van der Waals surface area contributed by atoms with Crippen LogP contribution in [0.25, 0.3) is 0 Å². The number of amides is 1. The molecule has 0 aliphatic heterocycles. The lowest BCUT2D eigenvalue weighted by atomic mass is 10.3. The number of rotatable bonds is 3. The zero-order valence-corrected chi connectivity index (χ0v) is 10.1. The lowest BCUT2D eigenvalue weighted by Gasteiger charge is -2.07. The molecule has 0 aromatic carbocycles. The Labute approximate surface area is 91.8 Å². The van der Waals surface area contributed by atoms with Gasteiger partial charge in [0.1, 0.15) is 0 Å². The van der Waals surface area contributed by atoms with Gasteiger partial charge in [-0.2, -0.15) is 5.10 Å². The van der Waals surface area contributed by atoms with Crippen LogP contribution in [-0.4, -0.2) is 15.7 Å². The number of nitrogens with one attached hydrogen (secondary N) is 1. The standard InChI is InChI=1S/C9H14BrN3O/c1-4-6(2)13-5-8(10)9(12-13)11-7(3)14/h5-6H,4H2,1-3H3,(H,11,12,14). The molecule has 1 aromatic rings. The van der Waals surface area contributed by atoms with Crippen molar-refractivity contribution >= 4 is 27.7 Å². The van der Waals surface area contributed by atoms with Gasteiger partial charge in [0.2, 0.25) is 5.91 Å². The summed E-state index contributed by atoms with van der Waals surface area (Å²) in [5, 5.41) is 6.91. The maximum atomic E-state index is 10.8. The van der Waals surface area contributed by atoms with Crippen LogP contribution >= 0.6 is 15.9 Å². The molecule has 0 radical (unpaired) electrons. The smallest absolute Gasteiger partial charge is 0.222 e. The fourth-order valence-corrected chi connectivity index (χ4v) is 1.42. The first-order valence-corrected chi connectivity index (χ1v) is 5.36. The first kappa shape index (κ1) is 11.2. The number of hydrogen-bond acceptors (Lipinski definition) is 2. The van der Waals surface area contributed by atoms with Gasteiger partial charge in [0, 0.05) is 19.2 Å². The Morgan fingerprint density at radius 2 is 2.43 bits per heavy atom. The maximum absolute atomic E-state index is 10.8. The molecule has 4 nitrogen and oxygen atoms in total. The number of halogens is 1. The lowest BCUT2D eigenvalue weighted by Crippen LogP contribution is -2.09. The molecule has 0 fully saturated rings. The number of carbonyl (C=O) groups excluding carboxylic acids is 1. The summed E-state index contributed by atoms with van der Waals surface area (Å²) in [5.74, 6) is 0.470. The minimum absolute atomic E-state index is 0.111. The second kappa shape index (κ2) is 4.59. The molecule has 1 heterocycles. The Morgan fingerprint density at radius 1 is 1.79 bits per heavy atom. The molecule has 0 spiro atoms. The Hall–Kier alpha value is -0.840. The van der Waals surface area contributed by atoms with Crippen LogP contribution in [0.1, 0.15) is 33.2 Å². The Kier molecular flexibility index (Phi) is 3.69. The summed E-state index contributed by atoms with van der Waals surface area (Å²) in [7, 11) is 0. The first-order chi connectivity index (χ1) is 6.54. The number of aromatic nitrogens is 2. The zero-order chi connectivity index (χ0) is 10.7. The van der Waals surface area contributed by atoms with Crippen molar-refractivity contribution in [2.24, 2.45) is 0 Å². The zero-order valence-electron chi connectivity index (χ0n) is 8.54. The van der Waals surface area contributed by atoms with Crippen molar-refractivity contribution in [1.82, 2.24) is 9.78 Å². The average molecular weight is 260 g/mol. The van der Waals surface area contributed by atoms with E-state index in [-0.39, 0.29) is 5.91 Å². The molecule has 1 N–H and O–H groups in total. The van der Waals surface area contributed by atoms with Gasteiger partial charge in [0.05, 0.1) is 4.47 Å². The normalized spacial score (nSPS) is 12.6. The summed E-state index contributed by atoms with van der Waals surface area (Å²) in [6.45, 7) is 5.64. The fraction of sp³-hybridized carbons (Fsp3) is 0.556. The van der Waals surface area contributed by atoms with E-state index in [1.165, 1.54) is 6.92 Å². The summed E-state index contributed by atoms with van der Waals surface area (Å²) < 4.78 is 2.66. The first-order valence-electron chi connectivity index (χ1n) is 4.56. The maximum Gasteiger partial charge on any atom is 0.222 e. The van der Waals surface area contributed by atoms with Crippen LogP contribution in [0.3, 0.4) is 0 Å². The molecular weight excluding hydrogens is 246 g/mol. The van der Waals surface area contributed by atoms with Crippen molar-refractivity contribution in [1.29, 1.82) is 0 Å². The highest BCUT2D eigenvalue weighted by Gasteiger charge is 2.10. The monoisotopic (exact) mass is 259 g/mol. The summed E-state index contributed by atoms with van der Waals surface area (Å²) in [4.78, 5) is 10.8. The number of carbonyl (C=O) groups is 1. The van der Waals surface area contributed by atoms with E-state index in [0.29, 0.717) is 11.9 Å². The third-order valence-corrected chi connectivity index (χ3v) is 2.60. The van der Waals surface area contributed by atoms with E-state index in [9.17, 15) is 4.79 Å². The van der Waals surface area contributed by atoms with E-state index in [1.54, 1.807) is 0 Å². The van der Waals surface area contributed by atoms with Gasteiger partial charge in [-0.1, -0.05) is 6.92 Å². The second-order valence-corrected chi connectivity index (χ2v) is 4.10. The van der Waals surface area contributed by atoms with Crippen molar-refractivity contribution in [3.05, 3.63) is 10.7 Å². The van der Waals surface area contributed by atoms with Gasteiger partial charge in [-0.3, -0.25) is 9.48 Å². The molecule has 0 saturated carbocycles. The molecule has 14 heavy (non-hydrogen) atoms. The van der Waals surface area contributed by atoms with Gasteiger partial charge in [-0.05, 0) is 29.3 Å². The van der Waals surface area contributed by atoms with Gasteiger partial charge in [-0.25, -0.2) is 0 Å². The minimum atomic E-state index is -0.111. The summed E-state index contributed by atoms with van der Waals surface area (Å²) >= 11 is 3.35. The predicted octanol–water partition coefficient (Wildman–Crippen LogP) is 2.58. The molecule has 1 unspecified atom stereocenters. The molecule has 1 atom stereocenters. The van der Waals surface area contributed by atoms with E-state index in [2.05, 4.69) is 40.2 Å². The van der Waals surface area contributed by atoms with Crippen molar-refractivity contribution in [2.45, 2.75) is 33.2 Å². The molecule has 0 aliphatic rings. The Bertz CT molecular complexity index is 335. The highest BCUT2D eigenvalue weighted by atomic mass is 79.9. The van der Waals surface area contributed by atoms with Crippen LogP contribution in [0.5, 0.6) is 0 Å². The van der Waals surface area contributed by atoms with Gasteiger partial charge in [0.25, 0.3) is 0 Å². The largest absolute Gasteiger partial charge is 0.309 e. The summed E-state index contributed by atoms with van der Waals surface area (Å²) in [6, 6.07) is 0.341. The molecule has 0 saturated heterocycles.